The normalized spacial score (nSPS) is 10.9. The molecule has 0 aliphatic heterocycles. The van der Waals surface area contributed by atoms with E-state index in [1.54, 1.807) is 19.0 Å². The second-order valence-corrected chi connectivity index (χ2v) is 5.73. The van der Waals surface area contributed by atoms with Gasteiger partial charge in [0.15, 0.2) is 5.96 Å². The second kappa shape index (κ2) is 12.9. The van der Waals surface area contributed by atoms with Gasteiger partial charge in [-0.25, -0.2) is 4.99 Å². The fourth-order valence-corrected chi connectivity index (χ4v) is 1.41. The molecule has 0 fully saturated rings. The summed E-state index contributed by atoms with van der Waals surface area (Å²) in [5.41, 5.74) is 1.03. The zero-order valence-electron chi connectivity index (χ0n) is 14.0. The second-order valence-electron chi connectivity index (χ2n) is 5.73. The van der Waals surface area contributed by atoms with Crippen LogP contribution in [0.5, 0.6) is 0 Å². The number of amides is 1. The molecular formula is C15H31IN4O. The number of carbonyl (C=O) groups excluding carboxylic acids is 1. The lowest BCUT2D eigenvalue weighted by Crippen LogP contribution is -2.39. The molecule has 0 bridgehead atoms. The molecule has 0 rings (SSSR count). The molecule has 0 saturated carbocycles. The average molecular weight is 410 g/mol. The van der Waals surface area contributed by atoms with Crippen LogP contribution in [0, 0.1) is 5.92 Å². The van der Waals surface area contributed by atoms with Gasteiger partial charge in [-0.2, -0.15) is 0 Å². The van der Waals surface area contributed by atoms with Crippen LogP contribution < -0.4 is 10.6 Å². The van der Waals surface area contributed by atoms with E-state index in [4.69, 9.17) is 0 Å². The van der Waals surface area contributed by atoms with Crippen LogP contribution in [0.25, 0.3) is 0 Å². The van der Waals surface area contributed by atoms with Crippen LogP contribution in [0.3, 0.4) is 0 Å². The lowest BCUT2D eigenvalue weighted by Gasteiger charge is -2.14. The van der Waals surface area contributed by atoms with Crippen molar-refractivity contribution >= 4 is 35.8 Å². The Morgan fingerprint density at radius 1 is 1.29 bits per heavy atom. The van der Waals surface area contributed by atoms with Crippen LogP contribution in [0.2, 0.25) is 0 Å². The van der Waals surface area contributed by atoms with E-state index in [2.05, 4.69) is 36.1 Å². The van der Waals surface area contributed by atoms with Gasteiger partial charge in [0.05, 0.1) is 0 Å². The van der Waals surface area contributed by atoms with E-state index in [9.17, 15) is 4.79 Å². The third kappa shape index (κ3) is 13.9. The molecule has 21 heavy (non-hydrogen) atoms. The van der Waals surface area contributed by atoms with Crippen LogP contribution in [-0.2, 0) is 4.79 Å². The molecule has 0 aromatic heterocycles. The molecule has 0 aromatic carbocycles. The summed E-state index contributed by atoms with van der Waals surface area (Å²) in [4.78, 5) is 17.4. The summed E-state index contributed by atoms with van der Waals surface area (Å²) in [5, 5.41) is 6.42. The van der Waals surface area contributed by atoms with Crippen LogP contribution in [-0.4, -0.2) is 50.5 Å². The lowest BCUT2D eigenvalue weighted by molar-refractivity contribution is -0.127. The van der Waals surface area contributed by atoms with Crippen LogP contribution in [0.15, 0.2) is 17.1 Å². The van der Waals surface area contributed by atoms with E-state index in [-0.39, 0.29) is 36.4 Å². The van der Waals surface area contributed by atoms with Crippen molar-refractivity contribution in [3.8, 4) is 0 Å². The lowest BCUT2D eigenvalue weighted by atomic mass is 10.1. The number of guanidine groups is 1. The quantitative estimate of drug-likeness (QED) is 0.212. The van der Waals surface area contributed by atoms with Crippen molar-refractivity contribution < 1.29 is 4.79 Å². The summed E-state index contributed by atoms with van der Waals surface area (Å²) in [6, 6.07) is 0. The summed E-state index contributed by atoms with van der Waals surface area (Å²) < 4.78 is 0. The molecule has 1 amide bonds. The molecule has 0 aromatic rings. The molecule has 0 aliphatic carbocycles. The van der Waals surface area contributed by atoms with Gasteiger partial charge in [-0.1, -0.05) is 26.0 Å². The largest absolute Gasteiger partial charge is 0.356 e. The van der Waals surface area contributed by atoms with Gasteiger partial charge in [0.2, 0.25) is 5.91 Å². The summed E-state index contributed by atoms with van der Waals surface area (Å²) in [7, 11) is 3.46. The molecule has 2 N–H and O–H groups in total. The monoisotopic (exact) mass is 410 g/mol. The number of rotatable bonds is 8. The molecule has 0 heterocycles. The molecule has 6 heteroatoms. The van der Waals surface area contributed by atoms with Gasteiger partial charge in [-0.15, -0.1) is 24.0 Å². The molecular weight excluding hydrogens is 379 g/mol. The predicted molar refractivity (Wildman–Crippen MR) is 101 cm³/mol. The first-order valence-electron chi connectivity index (χ1n) is 7.19. The Morgan fingerprint density at radius 2 is 1.90 bits per heavy atom. The molecule has 5 nitrogen and oxygen atoms in total. The number of aliphatic imine (C=N–C) groups is 1. The Balaban J connectivity index is 0. The Hall–Kier alpha value is -0.790. The topological polar surface area (TPSA) is 56.7 Å². The SMILES string of the molecule is C=C(C)CNC(=NCC(=O)N(C)C)NCCCC(C)C.I. The number of likely N-dealkylation sites (N-methyl/N-ethyl adjacent to an activating group) is 1. The van der Waals surface area contributed by atoms with E-state index in [0.717, 1.165) is 18.5 Å². The molecule has 0 atom stereocenters. The van der Waals surface area contributed by atoms with Crippen LogP contribution in [0.1, 0.15) is 33.6 Å². The molecule has 124 valence electrons. The fraction of sp³-hybridized carbons (Fsp3) is 0.733. The number of hydrogen-bond acceptors (Lipinski definition) is 2. The summed E-state index contributed by atoms with van der Waals surface area (Å²) in [6.07, 6.45) is 2.27. The van der Waals surface area contributed by atoms with Crippen molar-refractivity contribution in [1.29, 1.82) is 0 Å². The standard InChI is InChI=1S/C15H30N4O.HI/c1-12(2)8-7-9-16-15(17-10-13(3)4)18-11-14(20)19(5)6;/h12H,3,7-11H2,1-2,4-6H3,(H2,16,17,18);1H. The first kappa shape index (κ1) is 22.5. The van der Waals surface area contributed by atoms with Crippen molar-refractivity contribution in [2.45, 2.75) is 33.6 Å². The first-order chi connectivity index (χ1) is 9.32. The van der Waals surface area contributed by atoms with Gasteiger partial charge in [0.25, 0.3) is 0 Å². The maximum atomic E-state index is 11.6. The number of halogens is 1. The van der Waals surface area contributed by atoms with Crippen molar-refractivity contribution in [1.82, 2.24) is 15.5 Å². The third-order valence-electron chi connectivity index (χ3n) is 2.68. The number of nitrogens with zero attached hydrogens (tertiary/aromatic N) is 2. The highest BCUT2D eigenvalue weighted by molar-refractivity contribution is 14.0. The zero-order chi connectivity index (χ0) is 15.5. The van der Waals surface area contributed by atoms with Crippen molar-refractivity contribution in [2.24, 2.45) is 10.9 Å². The van der Waals surface area contributed by atoms with E-state index < -0.39 is 0 Å². The molecule has 0 spiro atoms. The summed E-state index contributed by atoms with van der Waals surface area (Å²) in [6.45, 7) is 11.9. The Morgan fingerprint density at radius 3 is 2.38 bits per heavy atom. The molecule has 0 saturated heterocycles. The van der Waals surface area contributed by atoms with Gasteiger partial charge < -0.3 is 15.5 Å². The highest BCUT2D eigenvalue weighted by Gasteiger charge is 2.04. The minimum Gasteiger partial charge on any atom is -0.356 e. The highest BCUT2D eigenvalue weighted by atomic mass is 127. The van der Waals surface area contributed by atoms with E-state index >= 15 is 0 Å². The van der Waals surface area contributed by atoms with Crippen molar-refractivity contribution in [2.75, 3.05) is 33.7 Å². The highest BCUT2D eigenvalue weighted by Crippen LogP contribution is 2.01. The molecule has 0 aliphatic rings. The Kier molecular flexibility index (Phi) is 13.8. The van der Waals surface area contributed by atoms with Gasteiger partial charge in [0, 0.05) is 27.2 Å². The van der Waals surface area contributed by atoms with Gasteiger partial charge in [0.1, 0.15) is 6.54 Å². The van der Waals surface area contributed by atoms with Crippen LogP contribution >= 0.6 is 24.0 Å². The fourth-order valence-electron chi connectivity index (χ4n) is 1.41. The van der Waals surface area contributed by atoms with Crippen molar-refractivity contribution in [3.05, 3.63) is 12.2 Å². The van der Waals surface area contributed by atoms with Crippen LogP contribution in [0.4, 0.5) is 0 Å². The summed E-state index contributed by atoms with van der Waals surface area (Å²) in [5.74, 6) is 1.37. The maximum absolute atomic E-state index is 11.6. The maximum Gasteiger partial charge on any atom is 0.243 e. The van der Waals surface area contributed by atoms with E-state index in [1.165, 1.54) is 6.42 Å². The Labute approximate surface area is 146 Å². The van der Waals surface area contributed by atoms with Crippen molar-refractivity contribution in [3.63, 3.8) is 0 Å². The average Bonchev–Trinajstić information content (AvgIpc) is 2.35. The third-order valence-corrected chi connectivity index (χ3v) is 2.68. The summed E-state index contributed by atoms with van der Waals surface area (Å²) >= 11 is 0. The molecule has 0 radical (unpaired) electrons. The van der Waals surface area contributed by atoms with Gasteiger partial charge in [-0.05, 0) is 25.7 Å². The number of nitrogens with one attached hydrogen (secondary N) is 2. The minimum absolute atomic E-state index is 0. The predicted octanol–water partition coefficient (Wildman–Crippen LogP) is 2.24. The van der Waals surface area contributed by atoms with E-state index in [1.807, 2.05) is 6.92 Å². The minimum atomic E-state index is -0.0106. The van der Waals surface area contributed by atoms with E-state index in [0.29, 0.717) is 18.4 Å². The number of hydrogen-bond donors (Lipinski definition) is 2. The smallest absolute Gasteiger partial charge is 0.243 e. The van der Waals surface area contributed by atoms with Gasteiger partial charge in [-0.3, -0.25) is 4.79 Å². The zero-order valence-corrected chi connectivity index (χ0v) is 16.4. The molecule has 0 unspecified atom stereocenters. The number of carbonyl (C=O) groups is 1. The van der Waals surface area contributed by atoms with Gasteiger partial charge >= 0.3 is 0 Å². The Bertz CT molecular complexity index is 341. The first-order valence-corrected chi connectivity index (χ1v) is 7.19.